The van der Waals surface area contributed by atoms with Crippen LogP contribution in [-0.2, 0) is 0 Å². The van der Waals surface area contributed by atoms with Crippen molar-refractivity contribution in [3.05, 3.63) is 30.1 Å². The summed E-state index contributed by atoms with van der Waals surface area (Å²) in [6.45, 7) is 3.70. The van der Waals surface area contributed by atoms with Gasteiger partial charge in [0.1, 0.15) is 0 Å². The fraction of sp³-hybridized carbons (Fsp3) is 0.647. The number of hydrogen-bond acceptors (Lipinski definition) is 3. The largest absolute Gasteiger partial charge is 0.491 e. The van der Waals surface area contributed by atoms with Gasteiger partial charge in [-0.3, -0.25) is 0 Å². The Balaban J connectivity index is 1.88. The van der Waals surface area contributed by atoms with E-state index in [0.29, 0.717) is 18.3 Å². The number of aliphatic hydroxyl groups excluding tert-OH is 1. The van der Waals surface area contributed by atoms with Crippen molar-refractivity contribution in [2.75, 3.05) is 19.8 Å². The van der Waals surface area contributed by atoms with Gasteiger partial charge in [-0.25, -0.2) is 4.39 Å². The Kier molecular flexibility index (Phi) is 6.00. The summed E-state index contributed by atoms with van der Waals surface area (Å²) in [7, 11) is 0. The maximum absolute atomic E-state index is 13.5. The van der Waals surface area contributed by atoms with Gasteiger partial charge in [0.15, 0.2) is 11.6 Å². The molecular weight excluding hydrogens is 269 g/mol. The molecule has 1 fully saturated rings. The highest BCUT2D eigenvalue weighted by Crippen LogP contribution is 2.37. The van der Waals surface area contributed by atoms with Crippen LogP contribution in [0.2, 0.25) is 0 Å². The number of nitrogens with one attached hydrogen (secondary N) is 1. The molecule has 0 aliphatic heterocycles. The third-order valence-electron chi connectivity index (χ3n) is 4.53. The van der Waals surface area contributed by atoms with Crippen molar-refractivity contribution in [1.29, 1.82) is 0 Å². The van der Waals surface area contributed by atoms with E-state index in [1.807, 2.05) is 0 Å². The van der Waals surface area contributed by atoms with Gasteiger partial charge in [0, 0.05) is 5.54 Å². The number of hydrogen-bond donors (Lipinski definition) is 2. The number of ether oxygens (including phenoxy) is 1. The Bertz CT molecular complexity index is 441. The fourth-order valence-electron chi connectivity index (χ4n) is 3.31. The smallest absolute Gasteiger partial charge is 0.165 e. The topological polar surface area (TPSA) is 41.5 Å². The molecule has 0 heterocycles. The molecule has 0 amide bonds. The first-order valence-corrected chi connectivity index (χ1v) is 7.95. The highest BCUT2D eigenvalue weighted by molar-refractivity contribution is 5.23. The summed E-state index contributed by atoms with van der Waals surface area (Å²) in [6, 6.07) is 6.49. The van der Waals surface area contributed by atoms with Crippen molar-refractivity contribution in [1.82, 2.24) is 5.32 Å². The highest BCUT2D eigenvalue weighted by atomic mass is 19.1. The lowest BCUT2D eigenvalue weighted by atomic mass is 9.85. The maximum Gasteiger partial charge on any atom is 0.165 e. The Morgan fingerprint density at radius 1 is 1.43 bits per heavy atom. The molecule has 0 aromatic heterocycles. The van der Waals surface area contributed by atoms with E-state index in [9.17, 15) is 9.50 Å². The molecule has 0 bridgehead atoms. The van der Waals surface area contributed by atoms with Crippen LogP contribution in [0.15, 0.2) is 24.3 Å². The van der Waals surface area contributed by atoms with Gasteiger partial charge in [-0.2, -0.15) is 0 Å². The quantitative estimate of drug-likeness (QED) is 0.774. The standard InChI is InChI=1S/C17H26FNO2/c1-2-11-19-17(13-20)10-5-6-14(17)9-12-21-16-8-4-3-7-15(16)18/h3-4,7-8,14,19-20H,2,5-6,9-13H2,1H3. The van der Waals surface area contributed by atoms with Crippen LogP contribution in [0.25, 0.3) is 0 Å². The van der Waals surface area contributed by atoms with Gasteiger partial charge in [0.05, 0.1) is 13.2 Å². The molecule has 1 saturated carbocycles. The van der Waals surface area contributed by atoms with Crippen LogP contribution in [-0.4, -0.2) is 30.4 Å². The van der Waals surface area contributed by atoms with E-state index in [4.69, 9.17) is 4.74 Å². The van der Waals surface area contributed by atoms with Crippen molar-refractivity contribution in [3.8, 4) is 5.75 Å². The van der Waals surface area contributed by atoms with Crippen LogP contribution in [0.1, 0.15) is 39.0 Å². The molecule has 2 unspecified atom stereocenters. The molecule has 3 nitrogen and oxygen atoms in total. The van der Waals surface area contributed by atoms with E-state index in [1.54, 1.807) is 18.2 Å². The third-order valence-corrected chi connectivity index (χ3v) is 4.53. The van der Waals surface area contributed by atoms with Gasteiger partial charge in [-0.1, -0.05) is 25.5 Å². The van der Waals surface area contributed by atoms with Crippen LogP contribution in [0.4, 0.5) is 4.39 Å². The van der Waals surface area contributed by atoms with Crippen molar-refractivity contribution in [3.63, 3.8) is 0 Å². The molecular formula is C17H26FNO2. The summed E-state index contributed by atoms with van der Waals surface area (Å²) in [6.07, 6.45) is 5.12. The molecule has 1 aliphatic carbocycles. The Morgan fingerprint density at radius 3 is 2.95 bits per heavy atom. The van der Waals surface area contributed by atoms with Crippen molar-refractivity contribution >= 4 is 0 Å². The second-order valence-corrected chi connectivity index (χ2v) is 5.90. The summed E-state index contributed by atoms with van der Waals surface area (Å²) in [5.41, 5.74) is -0.172. The third kappa shape index (κ3) is 3.95. The molecule has 2 rings (SSSR count). The zero-order chi connectivity index (χ0) is 15.1. The summed E-state index contributed by atoms with van der Waals surface area (Å²) in [5.74, 6) is 0.383. The Morgan fingerprint density at radius 2 is 2.24 bits per heavy atom. The number of aliphatic hydroxyl groups is 1. The second kappa shape index (κ2) is 7.76. The summed E-state index contributed by atoms with van der Waals surface area (Å²) >= 11 is 0. The molecule has 21 heavy (non-hydrogen) atoms. The molecule has 1 aromatic rings. The number of halogens is 1. The van der Waals surface area contributed by atoms with Crippen molar-refractivity contribution < 1.29 is 14.2 Å². The molecule has 1 aliphatic rings. The average Bonchev–Trinajstić information content (AvgIpc) is 2.90. The van der Waals surface area contributed by atoms with Gasteiger partial charge in [-0.15, -0.1) is 0 Å². The minimum Gasteiger partial charge on any atom is -0.491 e. The normalized spacial score (nSPS) is 25.2. The Hall–Kier alpha value is -1.13. The van der Waals surface area contributed by atoms with E-state index >= 15 is 0 Å². The van der Waals surface area contributed by atoms with Crippen LogP contribution in [0.3, 0.4) is 0 Å². The Labute approximate surface area is 126 Å². The molecule has 2 atom stereocenters. The van der Waals surface area contributed by atoms with Crippen molar-refractivity contribution in [2.24, 2.45) is 5.92 Å². The second-order valence-electron chi connectivity index (χ2n) is 5.90. The van der Waals surface area contributed by atoms with Crippen LogP contribution >= 0.6 is 0 Å². The van der Waals surface area contributed by atoms with E-state index < -0.39 is 0 Å². The highest BCUT2D eigenvalue weighted by Gasteiger charge is 2.41. The first-order valence-electron chi connectivity index (χ1n) is 7.95. The van der Waals surface area contributed by atoms with E-state index in [1.165, 1.54) is 6.07 Å². The zero-order valence-corrected chi connectivity index (χ0v) is 12.8. The van der Waals surface area contributed by atoms with Crippen LogP contribution in [0.5, 0.6) is 5.75 Å². The van der Waals surface area contributed by atoms with E-state index in [-0.39, 0.29) is 18.0 Å². The van der Waals surface area contributed by atoms with Gasteiger partial charge in [0.2, 0.25) is 0 Å². The van der Waals surface area contributed by atoms with Crippen LogP contribution < -0.4 is 10.1 Å². The predicted molar refractivity (Wildman–Crippen MR) is 82.0 cm³/mol. The van der Waals surface area contributed by atoms with Gasteiger partial charge < -0.3 is 15.2 Å². The minimum atomic E-state index is -0.318. The maximum atomic E-state index is 13.5. The number of benzene rings is 1. The van der Waals surface area contributed by atoms with Crippen molar-refractivity contribution in [2.45, 2.75) is 44.6 Å². The molecule has 0 radical (unpaired) electrons. The summed E-state index contributed by atoms with van der Waals surface area (Å²) < 4.78 is 19.1. The molecule has 0 spiro atoms. The lowest BCUT2D eigenvalue weighted by Crippen LogP contribution is -2.52. The molecule has 1 aromatic carbocycles. The predicted octanol–water partition coefficient (Wildman–Crippen LogP) is 3.13. The molecule has 0 saturated heterocycles. The summed E-state index contributed by atoms with van der Waals surface area (Å²) in [5, 5.41) is 13.3. The fourth-order valence-corrected chi connectivity index (χ4v) is 3.31. The van der Waals surface area contributed by atoms with Gasteiger partial charge >= 0.3 is 0 Å². The van der Waals surface area contributed by atoms with E-state index in [2.05, 4.69) is 12.2 Å². The first-order chi connectivity index (χ1) is 10.2. The molecule has 118 valence electrons. The minimum absolute atomic E-state index is 0.164. The SMILES string of the molecule is CCCNC1(CO)CCCC1CCOc1ccccc1F. The number of para-hydroxylation sites is 1. The zero-order valence-electron chi connectivity index (χ0n) is 12.8. The lowest BCUT2D eigenvalue weighted by molar-refractivity contribution is 0.109. The van der Waals surface area contributed by atoms with Gasteiger partial charge in [-0.05, 0) is 50.3 Å². The number of rotatable bonds is 8. The molecule has 4 heteroatoms. The van der Waals surface area contributed by atoms with Crippen LogP contribution in [0, 0.1) is 11.7 Å². The summed E-state index contributed by atoms with van der Waals surface area (Å²) in [4.78, 5) is 0. The average molecular weight is 295 g/mol. The first kappa shape index (κ1) is 16.2. The molecule has 2 N–H and O–H groups in total. The lowest BCUT2D eigenvalue weighted by Gasteiger charge is -2.35. The van der Waals surface area contributed by atoms with E-state index in [0.717, 1.165) is 38.6 Å². The van der Waals surface area contributed by atoms with Gasteiger partial charge in [0.25, 0.3) is 0 Å². The monoisotopic (exact) mass is 295 g/mol.